The maximum absolute atomic E-state index is 5.58. The number of pyridine rings is 1. The molecule has 2 unspecified atom stereocenters. The molecule has 1 saturated heterocycles. The molecule has 2 aromatic heterocycles. The molecule has 2 aliphatic rings. The number of likely N-dealkylation sites (N-methyl/N-ethyl adjacent to an activating group) is 1. The molecule has 29 heavy (non-hydrogen) atoms. The smallest absolute Gasteiger partial charge is 0.231 e. The molecule has 5 rings (SSSR count). The number of rotatable bonds is 3. The number of fused-ring (bicyclic) bond motifs is 1. The van der Waals surface area contributed by atoms with Gasteiger partial charge in [0.1, 0.15) is 0 Å². The van der Waals surface area contributed by atoms with Crippen molar-refractivity contribution in [3.63, 3.8) is 0 Å². The normalized spacial score (nSPS) is 20.2. The second-order valence-corrected chi connectivity index (χ2v) is 7.82. The predicted molar refractivity (Wildman–Crippen MR) is 115 cm³/mol. The Bertz CT molecular complexity index is 1100. The van der Waals surface area contributed by atoms with E-state index < -0.39 is 0 Å². The van der Waals surface area contributed by atoms with Crippen LogP contribution >= 0.6 is 12.2 Å². The molecule has 1 aromatic carbocycles. The van der Waals surface area contributed by atoms with E-state index in [9.17, 15) is 0 Å². The van der Waals surface area contributed by atoms with E-state index in [1.807, 2.05) is 43.6 Å². The lowest BCUT2D eigenvalue weighted by Crippen LogP contribution is -2.25. The number of ether oxygens (including phenoxy) is 2. The fourth-order valence-corrected chi connectivity index (χ4v) is 4.60. The average molecular weight is 407 g/mol. The number of thiocarbonyl (C=S) groups is 1. The molecule has 7 heteroatoms. The highest BCUT2D eigenvalue weighted by atomic mass is 32.1. The molecule has 2 aliphatic heterocycles. The van der Waals surface area contributed by atoms with E-state index in [4.69, 9.17) is 21.7 Å². The van der Waals surface area contributed by atoms with Crippen LogP contribution in [-0.2, 0) is 0 Å². The lowest BCUT2D eigenvalue weighted by molar-refractivity contribution is 0.174. The highest BCUT2D eigenvalue weighted by Gasteiger charge is 2.39. The molecular weight excluding hydrogens is 384 g/mol. The highest BCUT2D eigenvalue weighted by Crippen LogP contribution is 2.41. The first-order valence-electron chi connectivity index (χ1n) is 9.57. The monoisotopic (exact) mass is 406 g/mol. The number of hydrogen-bond acceptors (Lipinski definition) is 4. The van der Waals surface area contributed by atoms with Crippen molar-refractivity contribution in [1.29, 1.82) is 0 Å². The van der Waals surface area contributed by atoms with E-state index in [2.05, 4.69) is 45.7 Å². The standard InChI is InChI=1S/C22H22N4O2S/c1-13-10-16(14(2)26(13)15-7-8-18-19(11-15)28-12-27-18)21-20(24-22(29)25(21)3)17-6-4-5-9-23-17/h4-11,20-21H,12H2,1-3H3,(H,24,29). The third-order valence-electron chi connectivity index (χ3n) is 5.74. The van der Waals surface area contributed by atoms with Gasteiger partial charge in [0.25, 0.3) is 0 Å². The van der Waals surface area contributed by atoms with E-state index in [-0.39, 0.29) is 18.9 Å². The molecule has 3 aromatic rings. The lowest BCUT2D eigenvalue weighted by atomic mass is 9.97. The van der Waals surface area contributed by atoms with Gasteiger partial charge in [0.2, 0.25) is 6.79 Å². The molecule has 0 amide bonds. The Morgan fingerprint density at radius 1 is 1.10 bits per heavy atom. The Kier molecular flexibility index (Phi) is 4.20. The molecular formula is C22H22N4O2S. The second kappa shape index (κ2) is 6.77. The summed E-state index contributed by atoms with van der Waals surface area (Å²) in [6.07, 6.45) is 1.82. The van der Waals surface area contributed by atoms with Gasteiger partial charge < -0.3 is 24.3 Å². The van der Waals surface area contributed by atoms with Gasteiger partial charge in [-0.2, -0.15) is 0 Å². The number of nitrogens with one attached hydrogen (secondary N) is 1. The molecule has 0 saturated carbocycles. The number of aryl methyl sites for hydroxylation is 1. The van der Waals surface area contributed by atoms with Crippen LogP contribution in [0.5, 0.6) is 11.5 Å². The summed E-state index contributed by atoms with van der Waals surface area (Å²) in [6, 6.07) is 14.4. The molecule has 0 aliphatic carbocycles. The van der Waals surface area contributed by atoms with Crippen LogP contribution in [0.4, 0.5) is 0 Å². The third kappa shape index (κ3) is 2.84. The van der Waals surface area contributed by atoms with E-state index in [1.165, 1.54) is 11.3 Å². The summed E-state index contributed by atoms with van der Waals surface area (Å²) in [5.74, 6) is 1.57. The first-order valence-corrected chi connectivity index (χ1v) is 9.98. The van der Waals surface area contributed by atoms with Crippen molar-refractivity contribution in [3.05, 3.63) is 71.3 Å². The van der Waals surface area contributed by atoms with Crippen molar-refractivity contribution in [2.45, 2.75) is 25.9 Å². The van der Waals surface area contributed by atoms with Gasteiger partial charge in [-0.3, -0.25) is 4.98 Å². The number of aromatic nitrogens is 2. The number of nitrogens with zero attached hydrogens (tertiary/aromatic N) is 3. The minimum absolute atomic E-state index is 0.000552. The fraction of sp³-hybridized carbons (Fsp3) is 0.273. The third-order valence-corrected chi connectivity index (χ3v) is 6.15. The van der Waals surface area contributed by atoms with Gasteiger partial charge in [0.05, 0.1) is 17.8 Å². The molecule has 2 atom stereocenters. The van der Waals surface area contributed by atoms with Gasteiger partial charge in [0.15, 0.2) is 16.6 Å². The Morgan fingerprint density at radius 2 is 1.93 bits per heavy atom. The molecule has 0 bridgehead atoms. The molecule has 0 radical (unpaired) electrons. The van der Waals surface area contributed by atoms with Crippen molar-refractivity contribution in [3.8, 4) is 17.2 Å². The van der Waals surface area contributed by atoms with Gasteiger partial charge in [-0.25, -0.2) is 0 Å². The van der Waals surface area contributed by atoms with E-state index in [1.54, 1.807) is 0 Å². The van der Waals surface area contributed by atoms with Crippen molar-refractivity contribution in [2.75, 3.05) is 13.8 Å². The topological polar surface area (TPSA) is 51.6 Å². The van der Waals surface area contributed by atoms with Gasteiger partial charge in [0, 0.05) is 36.4 Å². The maximum Gasteiger partial charge on any atom is 0.231 e. The zero-order valence-corrected chi connectivity index (χ0v) is 17.4. The van der Waals surface area contributed by atoms with Crippen molar-refractivity contribution in [1.82, 2.24) is 19.8 Å². The molecule has 1 N–H and O–H groups in total. The van der Waals surface area contributed by atoms with Crippen LogP contribution in [0.25, 0.3) is 5.69 Å². The van der Waals surface area contributed by atoms with Crippen LogP contribution in [0.15, 0.2) is 48.7 Å². The Hall–Kier alpha value is -3.06. The van der Waals surface area contributed by atoms with E-state index in [0.717, 1.165) is 33.7 Å². The second-order valence-electron chi connectivity index (χ2n) is 7.44. The summed E-state index contributed by atoms with van der Waals surface area (Å²) >= 11 is 5.58. The number of hydrogen-bond donors (Lipinski definition) is 1. The lowest BCUT2D eigenvalue weighted by Gasteiger charge is -2.24. The molecule has 148 valence electrons. The van der Waals surface area contributed by atoms with Gasteiger partial charge in [-0.1, -0.05) is 6.07 Å². The largest absolute Gasteiger partial charge is 0.454 e. The summed E-state index contributed by atoms with van der Waals surface area (Å²) in [5, 5.41) is 4.18. The average Bonchev–Trinajstić information content (AvgIpc) is 3.39. The quantitative estimate of drug-likeness (QED) is 0.668. The molecule has 6 nitrogen and oxygen atoms in total. The zero-order valence-electron chi connectivity index (χ0n) is 16.5. The van der Waals surface area contributed by atoms with E-state index >= 15 is 0 Å². The zero-order chi connectivity index (χ0) is 20.1. The maximum atomic E-state index is 5.58. The Balaban J connectivity index is 1.59. The van der Waals surface area contributed by atoms with Crippen LogP contribution < -0.4 is 14.8 Å². The van der Waals surface area contributed by atoms with Gasteiger partial charge in [-0.05, 0) is 62.0 Å². The SMILES string of the molecule is Cc1cc(C2C(c3ccccn3)NC(=S)N2C)c(C)n1-c1ccc2c(c1)OCO2. The molecule has 0 spiro atoms. The van der Waals surface area contributed by atoms with Crippen LogP contribution in [0.2, 0.25) is 0 Å². The minimum atomic E-state index is -0.000552. The summed E-state index contributed by atoms with van der Waals surface area (Å²) < 4.78 is 13.3. The van der Waals surface area contributed by atoms with Crippen LogP contribution in [0.3, 0.4) is 0 Å². The summed E-state index contributed by atoms with van der Waals surface area (Å²) in [7, 11) is 2.04. The van der Waals surface area contributed by atoms with Gasteiger partial charge >= 0.3 is 0 Å². The number of benzene rings is 1. The summed E-state index contributed by atoms with van der Waals surface area (Å²) in [6.45, 7) is 4.55. The minimum Gasteiger partial charge on any atom is -0.454 e. The fourth-order valence-electron chi connectivity index (χ4n) is 4.36. The molecule has 4 heterocycles. The van der Waals surface area contributed by atoms with Crippen molar-refractivity contribution >= 4 is 17.3 Å². The Morgan fingerprint density at radius 3 is 2.72 bits per heavy atom. The van der Waals surface area contributed by atoms with Crippen LogP contribution in [0, 0.1) is 13.8 Å². The first-order chi connectivity index (χ1) is 14.0. The molecule has 1 fully saturated rings. The summed E-state index contributed by atoms with van der Waals surface area (Å²) in [5.41, 5.74) is 5.59. The first kappa shape index (κ1) is 18.0. The van der Waals surface area contributed by atoms with Gasteiger partial charge in [-0.15, -0.1) is 0 Å². The summed E-state index contributed by atoms with van der Waals surface area (Å²) in [4.78, 5) is 6.70. The Labute approximate surface area is 175 Å². The van der Waals surface area contributed by atoms with Crippen LogP contribution in [0.1, 0.15) is 34.7 Å². The van der Waals surface area contributed by atoms with E-state index in [0.29, 0.717) is 0 Å². The van der Waals surface area contributed by atoms with Crippen LogP contribution in [-0.4, -0.2) is 33.4 Å². The predicted octanol–water partition coefficient (Wildman–Crippen LogP) is 3.82. The van der Waals surface area contributed by atoms with Crippen molar-refractivity contribution < 1.29 is 9.47 Å². The van der Waals surface area contributed by atoms with Crippen molar-refractivity contribution in [2.24, 2.45) is 0 Å². The highest BCUT2D eigenvalue weighted by molar-refractivity contribution is 7.80.